The molecule has 0 unspecified atom stereocenters. The zero-order chi connectivity index (χ0) is 75.1. The fraction of sp³-hybridized carbons (Fsp3) is 0.563. The highest BCUT2D eigenvalue weighted by molar-refractivity contribution is 5.94. The number of hydrogen-bond donors (Lipinski definition) is 2. The number of methoxy groups -OCH3 is 1. The highest BCUT2D eigenvalue weighted by Crippen LogP contribution is 2.52. The van der Waals surface area contributed by atoms with E-state index in [1.165, 1.54) is 36.4 Å². The van der Waals surface area contributed by atoms with Gasteiger partial charge in [0.1, 0.15) is 28.7 Å². The number of anilines is 2. The van der Waals surface area contributed by atoms with Gasteiger partial charge in [-0.25, -0.2) is 9.59 Å². The largest absolute Gasteiger partial charge is 0.493 e. The SMILES string of the molecule is CCCCCCOc1cc(Oc2cc(C(=O)Oc3ccc(OC(=O)c4cc(N)cc(N)c4)cc3)cc(Oc3cc(OCCCCCC)c(OCCCCCC)c(OCCCCCC)c3)c2Oc2cc(OCCCCCC)c(OCCCCCC)c(OCCCCCC)c2)cc(OC)c1OCCCCCC. The molecule has 6 aromatic carbocycles. The molecule has 0 spiro atoms. The van der Waals surface area contributed by atoms with E-state index >= 15 is 4.79 Å². The molecule has 0 heterocycles. The molecule has 0 radical (unpaired) electrons. The van der Waals surface area contributed by atoms with Gasteiger partial charge in [0.05, 0.1) is 71.1 Å². The lowest BCUT2D eigenvalue weighted by Gasteiger charge is -2.22. The van der Waals surface area contributed by atoms with Crippen molar-refractivity contribution in [3.63, 3.8) is 0 Å². The van der Waals surface area contributed by atoms with Gasteiger partial charge in [0.2, 0.25) is 23.0 Å². The summed E-state index contributed by atoms with van der Waals surface area (Å²) in [7, 11) is 1.58. The summed E-state index contributed by atoms with van der Waals surface area (Å²) >= 11 is 0. The molecule has 0 saturated carbocycles. The maximum absolute atomic E-state index is 15.2. The third kappa shape index (κ3) is 31.2. The summed E-state index contributed by atoms with van der Waals surface area (Å²) in [6.07, 6.45) is 31.8. The van der Waals surface area contributed by atoms with Crippen LogP contribution in [-0.2, 0) is 0 Å². The molecule has 0 aliphatic rings. The molecule has 0 aromatic heterocycles. The molecule has 18 nitrogen and oxygen atoms in total. The van der Waals surface area contributed by atoms with Gasteiger partial charge in [0.15, 0.2) is 46.0 Å². The third-order valence-corrected chi connectivity index (χ3v) is 17.6. The molecule has 0 atom stereocenters. The molecule has 0 amide bonds. The molecule has 0 saturated heterocycles. The normalized spacial score (nSPS) is 11.1. The van der Waals surface area contributed by atoms with Crippen LogP contribution >= 0.6 is 0 Å². The minimum Gasteiger partial charge on any atom is -0.493 e. The first kappa shape index (κ1) is 85.4. The van der Waals surface area contributed by atoms with Crippen LogP contribution in [0.2, 0.25) is 0 Å². The number of nitrogens with two attached hydrogens (primary N) is 2. The van der Waals surface area contributed by atoms with Crippen molar-refractivity contribution in [1.29, 1.82) is 0 Å². The number of hydrogen-bond acceptors (Lipinski definition) is 18. The van der Waals surface area contributed by atoms with Crippen molar-refractivity contribution in [2.75, 3.05) is 71.4 Å². The number of esters is 2. The van der Waals surface area contributed by atoms with Gasteiger partial charge in [-0.2, -0.15) is 0 Å². The lowest BCUT2D eigenvalue weighted by molar-refractivity contribution is 0.0719. The molecule has 0 fully saturated rings. The standard InChI is InChI=1S/C87H126N2O16/c1-10-18-26-34-46-93-75-60-71(59-74(92-9)82(75)98-51-39-31-23-15-6)101-80-56-66(87(91)105-70-44-42-69(43-45-70)104-86(90)65-54-67(88)58-68(89)55-65)57-81(102-72-61-76(94-47-35-27-19-11-2)83(99-52-40-32-24-16-7)77(62-72)95-48-36-28-20-12-3)85(80)103-73-63-78(96-49-37-29-21-13-4)84(100-53-41-33-25-17-8)79(64-73)97-50-38-30-22-14-5/h42-45,54-64H,10-41,46-53,88-89H2,1-9H3. The summed E-state index contributed by atoms with van der Waals surface area (Å²) in [6, 6.07) is 24.4. The van der Waals surface area contributed by atoms with Crippen LogP contribution in [0.3, 0.4) is 0 Å². The Labute approximate surface area is 628 Å². The summed E-state index contributed by atoms with van der Waals surface area (Å²) in [5, 5.41) is 0. The number of nitrogen functional groups attached to an aromatic ring is 2. The van der Waals surface area contributed by atoms with Gasteiger partial charge < -0.3 is 77.8 Å². The van der Waals surface area contributed by atoms with Gasteiger partial charge in [-0.15, -0.1) is 0 Å². The van der Waals surface area contributed by atoms with Crippen molar-refractivity contribution in [3.8, 4) is 97.7 Å². The quantitative estimate of drug-likeness (QED) is 0.0157. The fourth-order valence-corrected chi connectivity index (χ4v) is 11.6. The van der Waals surface area contributed by atoms with Crippen LogP contribution < -0.4 is 77.8 Å². The van der Waals surface area contributed by atoms with Crippen molar-refractivity contribution in [2.24, 2.45) is 0 Å². The van der Waals surface area contributed by atoms with E-state index in [0.717, 1.165) is 205 Å². The molecule has 0 bridgehead atoms. The summed E-state index contributed by atoms with van der Waals surface area (Å²) in [6.45, 7) is 20.9. The monoisotopic (exact) mass is 1450 g/mol. The number of carbonyl (C=O) groups excluding carboxylic acids is 2. The Balaban J connectivity index is 1.64. The first-order valence-electron chi connectivity index (χ1n) is 39.9. The minimum atomic E-state index is -0.797. The Morgan fingerprint density at radius 3 is 0.781 bits per heavy atom. The van der Waals surface area contributed by atoms with E-state index < -0.39 is 11.9 Å². The second-order valence-electron chi connectivity index (χ2n) is 27.0. The van der Waals surface area contributed by atoms with E-state index in [1.807, 2.05) is 12.1 Å². The molecule has 0 aliphatic carbocycles. The summed E-state index contributed by atoms with van der Waals surface area (Å²) < 4.78 is 93.4. The van der Waals surface area contributed by atoms with Crippen LogP contribution in [0.15, 0.2) is 91.0 Å². The van der Waals surface area contributed by atoms with Gasteiger partial charge in [0.25, 0.3) is 0 Å². The number of unbranched alkanes of at least 4 members (excludes halogenated alkanes) is 24. The van der Waals surface area contributed by atoms with Gasteiger partial charge in [-0.3, -0.25) is 0 Å². The van der Waals surface area contributed by atoms with E-state index in [-0.39, 0.29) is 51.4 Å². The average Bonchev–Trinajstić information content (AvgIpc) is 0.789. The summed E-state index contributed by atoms with van der Waals surface area (Å²) in [5.41, 5.74) is 12.8. The molecular weight excluding hydrogens is 1330 g/mol. The minimum absolute atomic E-state index is 0.000595. The summed E-state index contributed by atoms with van der Waals surface area (Å²) in [4.78, 5) is 28.5. The Kier molecular flexibility index (Phi) is 41.3. The number of carbonyl (C=O) groups is 2. The van der Waals surface area contributed by atoms with Crippen LogP contribution in [0.1, 0.15) is 282 Å². The Morgan fingerprint density at radius 1 is 0.257 bits per heavy atom. The van der Waals surface area contributed by atoms with Crippen LogP contribution in [-0.4, -0.2) is 71.9 Å². The maximum atomic E-state index is 15.2. The number of ether oxygens (including phenoxy) is 14. The van der Waals surface area contributed by atoms with Gasteiger partial charge in [-0.05, 0) is 106 Å². The molecule has 0 aliphatic heterocycles. The van der Waals surface area contributed by atoms with E-state index in [9.17, 15) is 4.79 Å². The lowest BCUT2D eigenvalue weighted by Crippen LogP contribution is -2.11. The van der Waals surface area contributed by atoms with Crippen LogP contribution in [0.5, 0.6) is 97.7 Å². The van der Waals surface area contributed by atoms with Crippen LogP contribution in [0, 0.1) is 0 Å². The first-order valence-corrected chi connectivity index (χ1v) is 39.9. The molecule has 18 heteroatoms. The molecule has 580 valence electrons. The zero-order valence-electron chi connectivity index (χ0n) is 65.1. The van der Waals surface area contributed by atoms with Crippen molar-refractivity contribution in [1.82, 2.24) is 0 Å². The van der Waals surface area contributed by atoms with Crippen LogP contribution in [0.25, 0.3) is 0 Å². The van der Waals surface area contributed by atoms with Gasteiger partial charge in [-0.1, -0.05) is 209 Å². The molecule has 4 N–H and O–H groups in total. The predicted molar refractivity (Wildman–Crippen MR) is 421 cm³/mol. The van der Waals surface area contributed by atoms with E-state index in [2.05, 4.69) is 55.4 Å². The Hall–Kier alpha value is -8.54. The van der Waals surface area contributed by atoms with Gasteiger partial charge in [0, 0.05) is 47.8 Å². The van der Waals surface area contributed by atoms with Gasteiger partial charge >= 0.3 is 11.9 Å². The van der Waals surface area contributed by atoms with Crippen molar-refractivity contribution in [3.05, 3.63) is 102 Å². The Morgan fingerprint density at radius 2 is 0.505 bits per heavy atom. The van der Waals surface area contributed by atoms with Crippen LogP contribution in [0.4, 0.5) is 11.4 Å². The fourth-order valence-electron chi connectivity index (χ4n) is 11.6. The van der Waals surface area contributed by atoms with E-state index in [0.29, 0.717) is 122 Å². The average molecular weight is 1460 g/mol. The van der Waals surface area contributed by atoms with E-state index in [4.69, 9.17) is 77.8 Å². The molecule has 6 rings (SSSR count). The molecule has 105 heavy (non-hydrogen) atoms. The number of rotatable bonds is 59. The Bertz CT molecular complexity index is 3340. The molecular formula is C87H126N2O16. The lowest BCUT2D eigenvalue weighted by atomic mass is 10.1. The van der Waals surface area contributed by atoms with E-state index in [1.54, 1.807) is 49.6 Å². The summed E-state index contributed by atoms with van der Waals surface area (Å²) in [5.74, 6) is 3.81. The van der Waals surface area contributed by atoms with Crippen molar-refractivity contribution >= 4 is 23.3 Å². The number of benzene rings is 6. The van der Waals surface area contributed by atoms with Crippen molar-refractivity contribution < 1.29 is 75.9 Å². The predicted octanol–water partition coefficient (Wildman–Crippen LogP) is 24.3. The topological polar surface area (TPSA) is 215 Å². The zero-order valence-corrected chi connectivity index (χ0v) is 65.1. The molecule has 6 aromatic rings. The van der Waals surface area contributed by atoms with Crippen molar-refractivity contribution in [2.45, 2.75) is 261 Å². The highest BCUT2D eigenvalue weighted by atomic mass is 16.6. The second kappa shape index (κ2) is 50.8. The maximum Gasteiger partial charge on any atom is 0.343 e. The smallest absolute Gasteiger partial charge is 0.343 e. The highest BCUT2D eigenvalue weighted by Gasteiger charge is 2.28. The third-order valence-electron chi connectivity index (χ3n) is 17.6. The second-order valence-corrected chi connectivity index (χ2v) is 27.0. The first-order chi connectivity index (χ1) is 51.4.